The molecular formula is C9H13NO4S. The fourth-order valence-corrected chi connectivity index (χ4v) is 2.47. The van der Waals surface area contributed by atoms with Crippen LogP contribution in [0.1, 0.15) is 12.8 Å². The summed E-state index contributed by atoms with van der Waals surface area (Å²) < 4.78 is 24.4. The molecule has 6 heteroatoms. The van der Waals surface area contributed by atoms with E-state index in [0.717, 1.165) is 10.7 Å². The third-order valence-corrected chi connectivity index (χ3v) is 3.88. The predicted octanol–water partition coefficient (Wildman–Crippen LogP) is 0.567. The summed E-state index contributed by atoms with van der Waals surface area (Å²) in [4.78, 5) is 10.6. The third kappa shape index (κ3) is 2.90. The van der Waals surface area contributed by atoms with E-state index in [0.29, 0.717) is 6.42 Å². The summed E-state index contributed by atoms with van der Waals surface area (Å²) in [7, 11) is -2.37. The van der Waals surface area contributed by atoms with Gasteiger partial charge in [-0.1, -0.05) is 12.2 Å². The maximum absolute atomic E-state index is 11.8. The van der Waals surface area contributed by atoms with Crippen molar-refractivity contribution in [3.05, 3.63) is 23.1 Å². The number of nitrogens with zero attached hydrogens (tertiary/aromatic N) is 1. The highest BCUT2D eigenvalue weighted by Crippen LogP contribution is 2.18. The molecule has 84 valence electrons. The van der Waals surface area contributed by atoms with Gasteiger partial charge in [0.05, 0.1) is 4.91 Å². The van der Waals surface area contributed by atoms with E-state index in [9.17, 15) is 13.2 Å². The number of hydrogen-bond donors (Lipinski definition) is 1. The quantitative estimate of drug-likeness (QED) is 0.767. The highest BCUT2D eigenvalue weighted by molar-refractivity contribution is 7.93. The van der Waals surface area contributed by atoms with Crippen molar-refractivity contribution in [2.24, 2.45) is 0 Å². The van der Waals surface area contributed by atoms with Gasteiger partial charge >= 0.3 is 5.97 Å². The molecule has 0 aliphatic heterocycles. The SMILES string of the molecule is CN(CC(=O)O)S(=O)(=O)C1=CCCC=C1. The molecule has 15 heavy (non-hydrogen) atoms. The number of carbonyl (C=O) groups is 1. The van der Waals surface area contributed by atoms with E-state index in [1.165, 1.54) is 13.1 Å². The largest absolute Gasteiger partial charge is 0.480 e. The van der Waals surface area contributed by atoms with E-state index < -0.39 is 22.5 Å². The molecule has 0 fully saturated rings. The van der Waals surface area contributed by atoms with Crippen molar-refractivity contribution in [2.45, 2.75) is 12.8 Å². The lowest BCUT2D eigenvalue weighted by Crippen LogP contribution is -2.32. The van der Waals surface area contributed by atoms with Crippen LogP contribution >= 0.6 is 0 Å². The number of carboxylic acids is 1. The number of aliphatic carboxylic acids is 1. The standard InChI is InChI=1S/C9H13NO4S/c1-10(7-9(11)12)15(13,14)8-5-3-2-4-6-8/h3,5-6H,2,4,7H2,1H3,(H,11,12). The molecule has 0 spiro atoms. The molecule has 1 aliphatic carbocycles. The molecule has 0 saturated heterocycles. The van der Waals surface area contributed by atoms with Crippen molar-refractivity contribution in [3.8, 4) is 0 Å². The molecule has 1 rings (SSSR count). The molecule has 5 nitrogen and oxygen atoms in total. The second kappa shape index (κ2) is 4.59. The van der Waals surface area contributed by atoms with Gasteiger partial charge in [-0.15, -0.1) is 0 Å². The van der Waals surface area contributed by atoms with Crippen LogP contribution in [0.2, 0.25) is 0 Å². The number of allylic oxidation sites excluding steroid dienone is 3. The van der Waals surface area contributed by atoms with Crippen LogP contribution in [-0.2, 0) is 14.8 Å². The Kier molecular flexibility index (Phi) is 3.65. The van der Waals surface area contributed by atoms with Crippen molar-refractivity contribution >= 4 is 16.0 Å². The van der Waals surface area contributed by atoms with Crippen molar-refractivity contribution in [2.75, 3.05) is 13.6 Å². The van der Waals surface area contributed by atoms with Crippen LogP contribution in [-0.4, -0.2) is 37.4 Å². The summed E-state index contributed by atoms with van der Waals surface area (Å²) in [6.45, 7) is -0.520. The van der Waals surface area contributed by atoms with Crippen molar-refractivity contribution in [1.29, 1.82) is 0 Å². The van der Waals surface area contributed by atoms with Crippen LogP contribution in [0.3, 0.4) is 0 Å². The lowest BCUT2D eigenvalue weighted by Gasteiger charge is -2.16. The Balaban J connectivity index is 2.87. The number of carboxylic acid groups (broad SMARTS) is 1. The van der Waals surface area contributed by atoms with E-state index in [4.69, 9.17) is 5.11 Å². The Morgan fingerprint density at radius 2 is 2.20 bits per heavy atom. The van der Waals surface area contributed by atoms with Crippen LogP contribution in [0.25, 0.3) is 0 Å². The van der Waals surface area contributed by atoms with Gasteiger partial charge in [0.2, 0.25) is 10.0 Å². The van der Waals surface area contributed by atoms with Gasteiger partial charge in [0.15, 0.2) is 0 Å². The first-order valence-electron chi connectivity index (χ1n) is 4.49. The van der Waals surface area contributed by atoms with E-state index in [2.05, 4.69) is 0 Å². The minimum atomic E-state index is -3.63. The summed E-state index contributed by atoms with van der Waals surface area (Å²) in [6.07, 6.45) is 6.37. The summed E-state index contributed by atoms with van der Waals surface area (Å²) >= 11 is 0. The highest BCUT2D eigenvalue weighted by atomic mass is 32.2. The Hall–Kier alpha value is -1.14. The predicted molar refractivity (Wildman–Crippen MR) is 55.6 cm³/mol. The molecule has 0 atom stereocenters. The average molecular weight is 231 g/mol. The first-order valence-corrected chi connectivity index (χ1v) is 5.93. The van der Waals surface area contributed by atoms with Crippen LogP contribution in [0.15, 0.2) is 23.1 Å². The van der Waals surface area contributed by atoms with Crippen LogP contribution < -0.4 is 0 Å². The fourth-order valence-electron chi connectivity index (χ4n) is 1.24. The molecule has 0 aromatic heterocycles. The van der Waals surface area contributed by atoms with Crippen LogP contribution in [0, 0.1) is 0 Å². The monoisotopic (exact) mass is 231 g/mol. The zero-order valence-electron chi connectivity index (χ0n) is 8.38. The van der Waals surface area contributed by atoms with Crippen molar-refractivity contribution in [1.82, 2.24) is 4.31 Å². The van der Waals surface area contributed by atoms with Gasteiger partial charge in [0, 0.05) is 7.05 Å². The zero-order chi connectivity index (χ0) is 11.5. The Morgan fingerprint density at radius 1 is 1.53 bits per heavy atom. The van der Waals surface area contributed by atoms with Gasteiger partial charge < -0.3 is 5.11 Å². The van der Waals surface area contributed by atoms with Crippen molar-refractivity contribution in [3.63, 3.8) is 0 Å². The van der Waals surface area contributed by atoms with Gasteiger partial charge in [0.1, 0.15) is 6.54 Å². The van der Waals surface area contributed by atoms with Gasteiger partial charge in [-0.25, -0.2) is 8.42 Å². The minimum Gasteiger partial charge on any atom is -0.480 e. The lowest BCUT2D eigenvalue weighted by molar-refractivity contribution is -0.137. The van der Waals surface area contributed by atoms with Gasteiger partial charge in [0.25, 0.3) is 0 Å². The fraction of sp³-hybridized carbons (Fsp3) is 0.444. The van der Waals surface area contributed by atoms with E-state index in [1.54, 1.807) is 12.2 Å². The first kappa shape index (κ1) is 11.9. The lowest BCUT2D eigenvalue weighted by atomic mass is 10.2. The van der Waals surface area contributed by atoms with Crippen molar-refractivity contribution < 1.29 is 18.3 Å². The Bertz CT molecular complexity index is 408. The molecule has 0 unspecified atom stereocenters. The molecule has 0 amide bonds. The number of rotatable bonds is 4. The van der Waals surface area contributed by atoms with Crippen LogP contribution in [0.4, 0.5) is 0 Å². The smallest absolute Gasteiger partial charge is 0.318 e. The van der Waals surface area contributed by atoms with Gasteiger partial charge in [-0.2, -0.15) is 4.31 Å². The van der Waals surface area contributed by atoms with E-state index >= 15 is 0 Å². The Morgan fingerprint density at radius 3 is 2.67 bits per heavy atom. The molecule has 0 bridgehead atoms. The molecule has 0 saturated carbocycles. The average Bonchev–Trinajstić information content (AvgIpc) is 2.18. The number of hydrogen-bond acceptors (Lipinski definition) is 3. The van der Waals surface area contributed by atoms with Crippen LogP contribution in [0.5, 0.6) is 0 Å². The molecule has 1 aliphatic rings. The van der Waals surface area contributed by atoms with Gasteiger partial charge in [-0.3, -0.25) is 4.79 Å². The summed E-state index contributed by atoms with van der Waals surface area (Å²) in [5, 5.41) is 8.50. The van der Waals surface area contributed by atoms with E-state index in [-0.39, 0.29) is 4.91 Å². The number of likely N-dealkylation sites (N-methyl/N-ethyl adjacent to an activating group) is 1. The zero-order valence-corrected chi connectivity index (χ0v) is 9.20. The topological polar surface area (TPSA) is 74.7 Å². The second-order valence-electron chi connectivity index (χ2n) is 3.24. The second-order valence-corrected chi connectivity index (χ2v) is 5.29. The molecule has 0 aromatic rings. The third-order valence-electron chi connectivity index (χ3n) is 2.03. The van der Waals surface area contributed by atoms with Gasteiger partial charge in [-0.05, 0) is 18.9 Å². The maximum atomic E-state index is 11.8. The molecule has 0 aromatic carbocycles. The summed E-state index contributed by atoms with van der Waals surface area (Å²) in [5.74, 6) is -1.17. The summed E-state index contributed by atoms with van der Waals surface area (Å²) in [6, 6.07) is 0. The normalized spacial score (nSPS) is 16.5. The Labute approximate surface area is 88.8 Å². The maximum Gasteiger partial charge on any atom is 0.318 e. The molecule has 0 heterocycles. The molecule has 0 radical (unpaired) electrons. The minimum absolute atomic E-state index is 0.178. The number of sulfonamides is 1. The first-order chi connectivity index (χ1) is 6.94. The highest BCUT2D eigenvalue weighted by Gasteiger charge is 2.23. The van der Waals surface area contributed by atoms with E-state index in [1.807, 2.05) is 0 Å². The molecular weight excluding hydrogens is 218 g/mol. The molecule has 1 N–H and O–H groups in total. The summed E-state index contributed by atoms with van der Waals surface area (Å²) in [5.41, 5.74) is 0.